The molecule has 1 saturated heterocycles. The molecule has 3 heterocycles. The molecule has 0 N–H and O–H groups in total. The summed E-state index contributed by atoms with van der Waals surface area (Å²) < 4.78 is 15.2. The number of anilines is 1. The molecule has 5 rings (SSSR count). The Morgan fingerprint density at radius 1 is 1.06 bits per heavy atom. The minimum atomic E-state index is -0.274. The predicted octanol–water partition coefficient (Wildman–Crippen LogP) is 5.43. The highest BCUT2D eigenvalue weighted by Crippen LogP contribution is 2.29. The van der Waals surface area contributed by atoms with Crippen molar-refractivity contribution in [3.05, 3.63) is 75.6 Å². The first-order chi connectivity index (χ1) is 15.4. The van der Waals surface area contributed by atoms with Gasteiger partial charge in [0.25, 0.3) is 5.91 Å². The second kappa shape index (κ2) is 8.22. The molecule has 1 fully saturated rings. The molecule has 32 heavy (non-hydrogen) atoms. The van der Waals surface area contributed by atoms with E-state index >= 15 is 0 Å². The van der Waals surface area contributed by atoms with Gasteiger partial charge in [-0.3, -0.25) is 9.20 Å². The van der Waals surface area contributed by atoms with Gasteiger partial charge in [-0.25, -0.2) is 9.37 Å². The lowest BCUT2D eigenvalue weighted by Gasteiger charge is -2.36. The topological polar surface area (TPSA) is 40.8 Å². The van der Waals surface area contributed by atoms with Crippen molar-refractivity contribution < 1.29 is 9.18 Å². The van der Waals surface area contributed by atoms with Crippen molar-refractivity contribution in [3.63, 3.8) is 0 Å². The molecule has 1 aliphatic rings. The van der Waals surface area contributed by atoms with Crippen LogP contribution < -0.4 is 4.90 Å². The van der Waals surface area contributed by atoms with Crippen LogP contribution in [-0.4, -0.2) is 46.4 Å². The second-order valence-electron chi connectivity index (χ2n) is 8.01. The smallest absolute Gasteiger partial charge is 0.265 e. The van der Waals surface area contributed by atoms with Gasteiger partial charge in [-0.2, -0.15) is 0 Å². The van der Waals surface area contributed by atoms with E-state index in [0.717, 1.165) is 45.7 Å². The summed E-state index contributed by atoms with van der Waals surface area (Å²) >= 11 is 7.58. The number of benzene rings is 2. The van der Waals surface area contributed by atoms with Gasteiger partial charge >= 0.3 is 0 Å². The number of nitrogens with zero attached hydrogens (tertiary/aromatic N) is 4. The fraction of sp³-hybridized carbons (Fsp3) is 0.250. The standard InChI is InChI=1S/C24H22ClFN4OS/c1-15-3-6-18(25)13-21(15)28-9-11-29(12-10-28)23(31)22-16(2)30-14-20(27-24(30)32-22)17-4-7-19(26)8-5-17/h3-8,13-14H,9-12H2,1-2H3. The van der Waals surface area contributed by atoms with Crippen LogP contribution >= 0.6 is 22.9 Å². The molecule has 4 aromatic rings. The van der Waals surface area contributed by atoms with E-state index < -0.39 is 0 Å². The lowest BCUT2D eigenvalue weighted by molar-refractivity contribution is 0.0750. The third-order valence-electron chi connectivity index (χ3n) is 5.97. The largest absolute Gasteiger partial charge is 0.368 e. The van der Waals surface area contributed by atoms with Gasteiger partial charge in [-0.15, -0.1) is 0 Å². The molecular weight excluding hydrogens is 447 g/mol. The number of carbonyl (C=O) groups is 1. The Kier molecular flexibility index (Phi) is 5.39. The van der Waals surface area contributed by atoms with Crippen molar-refractivity contribution in [1.82, 2.24) is 14.3 Å². The van der Waals surface area contributed by atoms with Crippen molar-refractivity contribution in [2.24, 2.45) is 0 Å². The normalized spacial score (nSPS) is 14.4. The van der Waals surface area contributed by atoms with Crippen molar-refractivity contribution in [2.45, 2.75) is 13.8 Å². The monoisotopic (exact) mass is 468 g/mol. The average Bonchev–Trinajstić information content (AvgIpc) is 3.35. The Morgan fingerprint density at radius 2 is 1.78 bits per heavy atom. The zero-order valence-electron chi connectivity index (χ0n) is 17.8. The van der Waals surface area contributed by atoms with Gasteiger partial charge in [0.2, 0.25) is 0 Å². The van der Waals surface area contributed by atoms with E-state index in [9.17, 15) is 9.18 Å². The van der Waals surface area contributed by atoms with Crippen LogP contribution in [0.4, 0.5) is 10.1 Å². The number of thiazole rings is 1. The number of halogens is 2. The van der Waals surface area contributed by atoms with E-state index in [1.165, 1.54) is 29.0 Å². The second-order valence-corrected chi connectivity index (χ2v) is 9.43. The van der Waals surface area contributed by atoms with Gasteiger partial charge in [0.15, 0.2) is 4.96 Å². The van der Waals surface area contributed by atoms with Gasteiger partial charge in [0, 0.05) is 54.3 Å². The summed E-state index contributed by atoms with van der Waals surface area (Å²) in [7, 11) is 0. The van der Waals surface area contributed by atoms with Gasteiger partial charge in [0.05, 0.1) is 5.69 Å². The summed E-state index contributed by atoms with van der Waals surface area (Å²) in [5, 5.41) is 0.724. The van der Waals surface area contributed by atoms with Crippen LogP contribution in [-0.2, 0) is 0 Å². The van der Waals surface area contributed by atoms with Crippen molar-refractivity contribution >= 4 is 39.5 Å². The Bertz CT molecular complexity index is 1310. The molecule has 0 unspecified atom stereocenters. The van der Waals surface area contributed by atoms with E-state index in [-0.39, 0.29) is 11.7 Å². The quantitative estimate of drug-likeness (QED) is 0.402. The van der Waals surface area contributed by atoms with Crippen LogP contribution in [0.1, 0.15) is 20.9 Å². The Morgan fingerprint density at radius 3 is 2.47 bits per heavy atom. The maximum Gasteiger partial charge on any atom is 0.265 e. The summed E-state index contributed by atoms with van der Waals surface area (Å²) in [4.78, 5) is 23.6. The summed E-state index contributed by atoms with van der Waals surface area (Å²) in [6, 6.07) is 12.2. The molecule has 1 amide bonds. The summed E-state index contributed by atoms with van der Waals surface area (Å²) in [6.07, 6.45) is 1.91. The van der Waals surface area contributed by atoms with Crippen LogP contribution in [0.25, 0.3) is 16.2 Å². The maximum absolute atomic E-state index is 13.3. The molecule has 0 radical (unpaired) electrons. The van der Waals surface area contributed by atoms with E-state index in [1.54, 1.807) is 12.1 Å². The molecule has 0 aliphatic carbocycles. The van der Waals surface area contributed by atoms with Gasteiger partial charge in [-0.05, 0) is 55.8 Å². The highest BCUT2D eigenvalue weighted by Gasteiger charge is 2.27. The van der Waals surface area contributed by atoms with Crippen LogP contribution in [0.5, 0.6) is 0 Å². The maximum atomic E-state index is 13.3. The molecule has 0 spiro atoms. The SMILES string of the molecule is Cc1ccc(Cl)cc1N1CCN(C(=O)c2sc3nc(-c4ccc(F)cc4)cn3c2C)CC1. The fourth-order valence-electron chi connectivity index (χ4n) is 4.13. The number of fused-ring (bicyclic) bond motifs is 1. The molecule has 164 valence electrons. The number of imidazole rings is 1. The number of aryl methyl sites for hydroxylation is 2. The number of hydrogen-bond acceptors (Lipinski definition) is 4. The number of hydrogen-bond donors (Lipinski definition) is 0. The Labute approximate surface area is 194 Å². The fourth-order valence-corrected chi connectivity index (χ4v) is 5.37. The highest BCUT2D eigenvalue weighted by atomic mass is 35.5. The molecule has 0 bridgehead atoms. The molecule has 0 saturated carbocycles. The Hall–Kier alpha value is -2.90. The number of carbonyl (C=O) groups excluding carboxylic acids is 1. The lowest BCUT2D eigenvalue weighted by Crippen LogP contribution is -2.49. The Balaban J connectivity index is 1.33. The van der Waals surface area contributed by atoms with Crippen LogP contribution in [0.2, 0.25) is 5.02 Å². The van der Waals surface area contributed by atoms with E-state index in [2.05, 4.69) is 16.8 Å². The van der Waals surface area contributed by atoms with Crippen LogP contribution in [0.15, 0.2) is 48.7 Å². The summed E-state index contributed by atoms with van der Waals surface area (Å²) in [5.41, 5.74) is 4.81. The summed E-state index contributed by atoms with van der Waals surface area (Å²) in [5.74, 6) is -0.228. The van der Waals surface area contributed by atoms with E-state index in [0.29, 0.717) is 18.0 Å². The minimum Gasteiger partial charge on any atom is -0.368 e. The highest BCUT2D eigenvalue weighted by molar-refractivity contribution is 7.19. The first kappa shape index (κ1) is 21.0. The first-order valence-corrected chi connectivity index (χ1v) is 11.6. The molecule has 8 heteroatoms. The van der Waals surface area contributed by atoms with Crippen molar-refractivity contribution in [1.29, 1.82) is 0 Å². The third-order valence-corrected chi connectivity index (χ3v) is 7.35. The molecule has 0 atom stereocenters. The zero-order valence-corrected chi connectivity index (χ0v) is 19.4. The molecule has 2 aromatic carbocycles. The van der Waals surface area contributed by atoms with Gasteiger partial charge in [-0.1, -0.05) is 29.0 Å². The molecule has 5 nitrogen and oxygen atoms in total. The van der Waals surface area contributed by atoms with Crippen molar-refractivity contribution in [2.75, 3.05) is 31.1 Å². The molecular formula is C24H22ClFN4OS. The van der Waals surface area contributed by atoms with Crippen LogP contribution in [0, 0.1) is 19.7 Å². The van der Waals surface area contributed by atoms with Crippen molar-refractivity contribution in [3.8, 4) is 11.3 Å². The zero-order chi connectivity index (χ0) is 22.4. The predicted molar refractivity (Wildman–Crippen MR) is 128 cm³/mol. The number of aromatic nitrogens is 2. The minimum absolute atomic E-state index is 0.0452. The number of rotatable bonds is 3. The first-order valence-electron chi connectivity index (χ1n) is 10.5. The average molecular weight is 469 g/mol. The number of amides is 1. The van der Waals surface area contributed by atoms with Gasteiger partial charge in [0.1, 0.15) is 10.7 Å². The van der Waals surface area contributed by atoms with E-state index in [1.807, 2.05) is 40.6 Å². The summed E-state index contributed by atoms with van der Waals surface area (Å²) in [6.45, 7) is 6.87. The van der Waals surface area contributed by atoms with Gasteiger partial charge < -0.3 is 9.80 Å². The third kappa shape index (κ3) is 3.76. The van der Waals surface area contributed by atoms with Crippen LogP contribution in [0.3, 0.4) is 0 Å². The molecule has 1 aliphatic heterocycles. The lowest BCUT2D eigenvalue weighted by atomic mass is 10.1. The van der Waals surface area contributed by atoms with E-state index in [4.69, 9.17) is 11.6 Å². The molecule has 2 aromatic heterocycles. The number of piperazine rings is 1.